The summed E-state index contributed by atoms with van der Waals surface area (Å²) in [5.41, 5.74) is 8.00. The van der Waals surface area contributed by atoms with Crippen LogP contribution in [0.25, 0.3) is 0 Å². The lowest BCUT2D eigenvalue weighted by atomic mass is 10.0. The quantitative estimate of drug-likeness (QED) is 0.912. The first-order chi connectivity index (χ1) is 12.7. The number of carbonyl (C=O) groups excluding carboxylic acids is 1. The van der Waals surface area contributed by atoms with E-state index in [1.807, 2.05) is 41.3 Å². The van der Waals surface area contributed by atoms with Crippen LogP contribution in [0, 0.1) is 5.92 Å². The highest BCUT2D eigenvalue weighted by Crippen LogP contribution is 2.39. The Kier molecular flexibility index (Phi) is 3.45. The molecule has 4 aliphatic rings. The molecule has 132 valence electrons. The molecular formula is C20H21N5O. The Hall–Kier alpha value is -2.89. The first-order valence-corrected chi connectivity index (χ1v) is 9.21. The molecule has 5 rings (SSSR count). The number of hydrogen-bond acceptors (Lipinski definition) is 5. The van der Waals surface area contributed by atoms with Gasteiger partial charge in [0.2, 0.25) is 5.91 Å². The number of nitrogens with zero attached hydrogens (tertiary/aromatic N) is 4. The van der Waals surface area contributed by atoms with Crippen LogP contribution in [0.5, 0.6) is 0 Å². The van der Waals surface area contributed by atoms with Crippen LogP contribution in [0.4, 0.5) is 5.69 Å². The molecule has 1 amide bonds. The van der Waals surface area contributed by atoms with E-state index in [-0.39, 0.29) is 11.9 Å². The van der Waals surface area contributed by atoms with E-state index in [1.165, 1.54) is 12.8 Å². The predicted octanol–water partition coefficient (Wildman–Crippen LogP) is 2.38. The normalized spacial score (nSPS) is 25.0. The molecule has 1 aromatic carbocycles. The topological polar surface area (TPSA) is 74.3 Å². The molecule has 6 nitrogen and oxygen atoms in total. The van der Waals surface area contributed by atoms with E-state index in [0.717, 1.165) is 35.9 Å². The van der Waals surface area contributed by atoms with Crippen molar-refractivity contribution in [2.24, 2.45) is 21.6 Å². The molecule has 3 aliphatic heterocycles. The van der Waals surface area contributed by atoms with E-state index in [2.05, 4.69) is 14.9 Å². The van der Waals surface area contributed by atoms with E-state index in [4.69, 9.17) is 5.73 Å². The van der Waals surface area contributed by atoms with Crippen molar-refractivity contribution < 1.29 is 4.79 Å². The average Bonchev–Trinajstić information content (AvgIpc) is 3.41. The third-order valence-electron chi connectivity index (χ3n) is 5.39. The largest absolute Gasteiger partial charge is 0.384 e. The third-order valence-corrected chi connectivity index (χ3v) is 5.39. The SMILES string of the molecule is NC1=CC(C2CC2)N2C(=N1)C=CN=C2c1ccc(N2CCCC2=O)cc1. The number of benzene rings is 1. The van der Waals surface area contributed by atoms with Crippen LogP contribution in [-0.2, 0) is 4.79 Å². The molecule has 2 N–H and O–H groups in total. The molecule has 0 spiro atoms. The summed E-state index contributed by atoms with van der Waals surface area (Å²) in [6.45, 7) is 0.804. The molecule has 0 aromatic heterocycles. The summed E-state index contributed by atoms with van der Waals surface area (Å²) in [6.07, 6.45) is 9.75. The lowest BCUT2D eigenvalue weighted by molar-refractivity contribution is -0.117. The average molecular weight is 347 g/mol. The zero-order valence-corrected chi connectivity index (χ0v) is 14.5. The van der Waals surface area contributed by atoms with Crippen molar-refractivity contribution in [3.8, 4) is 0 Å². The fourth-order valence-electron chi connectivity index (χ4n) is 3.94. The van der Waals surface area contributed by atoms with Crippen LogP contribution in [0.15, 0.2) is 58.4 Å². The second-order valence-corrected chi connectivity index (χ2v) is 7.22. The van der Waals surface area contributed by atoms with Gasteiger partial charge in [-0.25, -0.2) is 9.98 Å². The van der Waals surface area contributed by atoms with E-state index in [9.17, 15) is 4.79 Å². The van der Waals surface area contributed by atoms with Gasteiger partial charge >= 0.3 is 0 Å². The summed E-state index contributed by atoms with van der Waals surface area (Å²) in [5.74, 6) is 3.15. The highest BCUT2D eigenvalue weighted by Gasteiger charge is 2.40. The van der Waals surface area contributed by atoms with Crippen molar-refractivity contribution in [1.29, 1.82) is 0 Å². The third kappa shape index (κ3) is 2.53. The smallest absolute Gasteiger partial charge is 0.227 e. The molecule has 26 heavy (non-hydrogen) atoms. The molecule has 1 saturated carbocycles. The fourth-order valence-corrected chi connectivity index (χ4v) is 3.94. The number of nitrogens with two attached hydrogens (primary N) is 1. The minimum Gasteiger partial charge on any atom is -0.384 e. The van der Waals surface area contributed by atoms with Gasteiger partial charge in [-0.1, -0.05) is 0 Å². The minimum atomic E-state index is 0.204. The maximum atomic E-state index is 12.0. The first kappa shape index (κ1) is 15.4. The van der Waals surface area contributed by atoms with Gasteiger partial charge in [-0.15, -0.1) is 0 Å². The maximum Gasteiger partial charge on any atom is 0.227 e. The van der Waals surface area contributed by atoms with Gasteiger partial charge < -0.3 is 15.5 Å². The standard InChI is InChI=1S/C20H21N5O/c21-17-12-16(13-3-4-13)25-18(23-17)9-10-22-20(25)14-5-7-15(8-6-14)24-11-1-2-19(24)26/h5-10,12-13,16H,1-4,11,21H2. The molecule has 1 atom stereocenters. The number of amides is 1. The van der Waals surface area contributed by atoms with Crippen LogP contribution in [0.2, 0.25) is 0 Å². The molecule has 1 aromatic rings. The molecular weight excluding hydrogens is 326 g/mol. The Balaban J connectivity index is 1.47. The zero-order chi connectivity index (χ0) is 17.7. The minimum absolute atomic E-state index is 0.204. The Morgan fingerprint density at radius 2 is 1.96 bits per heavy atom. The van der Waals surface area contributed by atoms with E-state index in [0.29, 0.717) is 18.2 Å². The van der Waals surface area contributed by atoms with E-state index >= 15 is 0 Å². The summed E-state index contributed by atoms with van der Waals surface area (Å²) in [7, 11) is 0. The van der Waals surface area contributed by atoms with Gasteiger partial charge in [-0.05, 0) is 61.6 Å². The monoisotopic (exact) mass is 347 g/mol. The molecule has 1 saturated heterocycles. The number of rotatable bonds is 3. The highest BCUT2D eigenvalue weighted by molar-refractivity contribution is 6.15. The molecule has 6 heteroatoms. The van der Waals surface area contributed by atoms with Crippen LogP contribution in [-0.4, -0.2) is 35.1 Å². The van der Waals surface area contributed by atoms with Gasteiger partial charge in [0.1, 0.15) is 17.5 Å². The van der Waals surface area contributed by atoms with Gasteiger partial charge in [0, 0.05) is 30.4 Å². The van der Waals surface area contributed by atoms with Gasteiger partial charge in [0.15, 0.2) is 0 Å². The maximum absolute atomic E-state index is 12.0. The van der Waals surface area contributed by atoms with E-state index < -0.39 is 0 Å². The lowest BCUT2D eigenvalue weighted by Gasteiger charge is -2.36. The Bertz CT molecular complexity index is 876. The van der Waals surface area contributed by atoms with Crippen LogP contribution in [0.1, 0.15) is 31.2 Å². The van der Waals surface area contributed by atoms with Crippen molar-refractivity contribution in [3.05, 3.63) is 54.0 Å². The van der Waals surface area contributed by atoms with Gasteiger partial charge in [0.25, 0.3) is 0 Å². The van der Waals surface area contributed by atoms with Crippen LogP contribution >= 0.6 is 0 Å². The van der Waals surface area contributed by atoms with E-state index in [1.54, 1.807) is 6.20 Å². The summed E-state index contributed by atoms with van der Waals surface area (Å²) in [5, 5.41) is 0. The molecule has 3 heterocycles. The summed E-state index contributed by atoms with van der Waals surface area (Å²) >= 11 is 0. The van der Waals surface area contributed by atoms with Gasteiger partial charge in [-0.2, -0.15) is 0 Å². The summed E-state index contributed by atoms with van der Waals surface area (Å²) in [4.78, 5) is 25.1. The number of hydrogen-bond donors (Lipinski definition) is 1. The highest BCUT2D eigenvalue weighted by atomic mass is 16.2. The van der Waals surface area contributed by atoms with Crippen molar-refractivity contribution >= 4 is 23.3 Å². The Morgan fingerprint density at radius 1 is 1.15 bits per heavy atom. The second-order valence-electron chi connectivity index (χ2n) is 7.22. The van der Waals surface area contributed by atoms with Crippen molar-refractivity contribution in [3.63, 3.8) is 0 Å². The predicted molar refractivity (Wildman–Crippen MR) is 102 cm³/mol. The second kappa shape index (κ2) is 5.83. The van der Waals surface area contributed by atoms with Gasteiger partial charge in [0.05, 0.1) is 6.04 Å². The number of carbonyl (C=O) groups is 1. The number of amidine groups is 2. The number of fused-ring (bicyclic) bond motifs is 1. The molecule has 0 bridgehead atoms. The van der Waals surface area contributed by atoms with Crippen molar-refractivity contribution in [2.45, 2.75) is 31.7 Å². The molecule has 1 unspecified atom stereocenters. The lowest BCUT2D eigenvalue weighted by Crippen LogP contribution is -2.48. The number of aliphatic imine (C=N–C) groups is 2. The first-order valence-electron chi connectivity index (χ1n) is 9.21. The molecule has 1 aliphatic carbocycles. The zero-order valence-electron chi connectivity index (χ0n) is 14.5. The Morgan fingerprint density at radius 3 is 2.65 bits per heavy atom. The molecule has 2 fully saturated rings. The van der Waals surface area contributed by atoms with Gasteiger partial charge in [-0.3, -0.25) is 4.79 Å². The van der Waals surface area contributed by atoms with Crippen LogP contribution < -0.4 is 10.6 Å². The summed E-state index contributed by atoms with van der Waals surface area (Å²) in [6, 6.07) is 8.32. The molecule has 0 radical (unpaired) electrons. The summed E-state index contributed by atoms with van der Waals surface area (Å²) < 4.78 is 0. The Labute approximate surface area is 152 Å². The van der Waals surface area contributed by atoms with Crippen molar-refractivity contribution in [1.82, 2.24) is 4.90 Å². The fraction of sp³-hybridized carbons (Fsp3) is 0.350. The van der Waals surface area contributed by atoms with Crippen molar-refractivity contribution in [2.75, 3.05) is 11.4 Å². The number of anilines is 1. The van der Waals surface area contributed by atoms with Crippen LogP contribution in [0.3, 0.4) is 0 Å².